The van der Waals surface area contributed by atoms with Gasteiger partial charge in [0.2, 0.25) is 0 Å². The highest BCUT2D eigenvalue weighted by molar-refractivity contribution is 5.71. The number of hydrogen-bond acceptors (Lipinski definition) is 3. The first-order chi connectivity index (χ1) is 8.36. The van der Waals surface area contributed by atoms with Crippen LogP contribution >= 0.6 is 0 Å². The number of methoxy groups -OCH3 is 1. The van der Waals surface area contributed by atoms with Crippen molar-refractivity contribution in [3.05, 3.63) is 23.3 Å². The number of benzene rings is 1. The van der Waals surface area contributed by atoms with Gasteiger partial charge in [0.1, 0.15) is 5.75 Å². The molecule has 18 heavy (non-hydrogen) atoms. The van der Waals surface area contributed by atoms with Crippen molar-refractivity contribution >= 4 is 11.7 Å². The number of carboxylic acids is 1. The van der Waals surface area contributed by atoms with Crippen molar-refractivity contribution in [3.8, 4) is 5.75 Å². The first kappa shape index (κ1) is 14.4. The van der Waals surface area contributed by atoms with Crippen LogP contribution in [0.2, 0.25) is 0 Å². The van der Waals surface area contributed by atoms with Crippen molar-refractivity contribution in [2.75, 3.05) is 25.6 Å². The van der Waals surface area contributed by atoms with Gasteiger partial charge in [-0.15, -0.1) is 0 Å². The largest absolute Gasteiger partial charge is 0.494 e. The molecule has 1 unspecified atom stereocenters. The Kier molecular flexibility index (Phi) is 4.59. The molecule has 0 fully saturated rings. The van der Waals surface area contributed by atoms with Crippen LogP contribution in [-0.2, 0) is 4.79 Å². The second-order valence-electron chi connectivity index (χ2n) is 4.75. The number of aliphatic carboxylic acids is 1. The number of ether oxygens (including phenoxy) is 1. The zero-order chi connectivity index (χ0) is 13.9. The van der Waals surface area contributed by atoms with E-state index in [9.17, 15) is 4.79 Å². The summed E-state index contributed by atoms with van der Waals surface area (Å²) in [7, 11) is 3.52. The summed E-state index contributed by atoms with van der Waals surface area (Å²) < 4.78 is 5.41. The fourth-order valence-electron chi connectivity index (χ4n) is 2.07. The Morgan fingerprint density at radius 2 is 2.06 bits per heavy atom. The van der Waals surface area contributed by atoms with Gasteiger partial charge in [-0.1, -0.05) is 13.0 Å². The highest BCUT2D eigenvalue weighted by atomic mass is 16.5. The summed E-state index contributed by atoms with van der Waals surface area (Å²) in [6.07, 6.45) is 0. The van der Waals surface area contributed by atoms with E-state index in [-0.39, 0.29) is 0 Å². The molecule has 0 spiro atoms. The monoisotopic (exact) mass is 251 g/mol. The minimum atomic E-state index is -0.787. The van der Waals surface area contributed by atoms with Crippen LogP contribution in [0.3, 0.4) is 0 Å². The predicted octanol–water partition coefficient (Wildman–Crippen LogP) is 2.47. The van der Waals surface area contributed by atoms with Gasteiger partial charge in [0, 0.05) is 13.6 Å². The van der Waals surface area contributed by atoms with Gasteiger partial charge in [-0.05, 0) is 31.0 Å². The summed E-state index contributed by atoms with van der Waals surface area (Å²) in [5, 5.41) is 8.96. The topological polar surface area (TPSA) is 49.8 Å². The molecule has 0 heterocycles. The number of carbonyl (C=O) groups is 1. The summed E-state index contributed by atoms with van der Waals surface area (Å²) in [6, 6.07) is 4.07. The van der Waals surface area contributed by atoms with Gasteiger partial charge >= 0.3 is 5.97 Å². The highest BCUT2D eigenvalue weighted by Crippen LogP contribution is 2.32. The molecule has 4 heteroatoms. The van der Waals surface area contributed by atoms with Crippen LogP contribution in [0.25, 0.3) is 0 Å². The molecule has 1 N–H and O–H groups in total. The van der Waals surface area contributed by atoms with Gasteiger partial charge in [0.25, 0.3) is 0 Å². The first-order valence-corrected chi connectivity index (χ1v) is 5.96. The van der Waals surface area contributed by atoms with Gasteiger partial charge in [0.05, 0.1) is 18.7 Å². The number of carboxylic acid groups (broad SMARTS) is 1. The molecule has 100 valence electrons. The maximum atomic E-state index is 10.9. The quantitative estimate of drug-likeness (QED) is 0.873. The van der Waals surface area contributed by atoms with Crippen LogP contribution < -0.4 is 9.64 Å². The summed E-state index contributed by atoms with van der Waals surface area (Å²) in [4.78, 5) is 12.8. The van der Waals surface area contributed by atoms with Gasteiger partial charge in [0.15, 0.2) is 0 Å². The third-order valence-corrected chi connectivity index (χ3v) is 2.98. The fourth-order valence-corrected chi connectivity index (χ4v) is 2.07. The lowest BCUT2D eigenvalue weighted by atomic mass is 10.1. The van der Waals surface area contributed by atoms with Crippen LogP contribution in [0.15, 0.2) is 12.1 Å². The molecule has 1 aromatic rings. The lowest BCUT2D eigenvalue weighted by molar-refractivity contribution is -0.140. The molecule has 4 nitrogen and oxygen atoms in total. The minimum Gasteiger partial charge on any atom is -0.494 e. The Bertz CT molecular complexity index is 443. The maximum absolute atomic E-state index is 10.9. The summed E-state index contributed by atoms with van der Waals surface area (Å²) >= 11 is 0. The van der Waals surface area contributed by atoms with E-state index in [1.54, 1.807) is 14.0 Å². The summed E-state index contributed by atoms with van der Waals surface area (Å²) in [5.74, 6) is -0.397. The Morgan fingerprint density at radius 1 is 1.44 bits per heavy atom. The van der Waals surface area contributed by atoms with Gasteiger partial charge < -0.3 is 14.7 Å². The normalized spacial score (nSPS) is 12.1. The van der Waals surface area contributed by atoms with Crippen molar-refractivity contribution < 1.29 is 14.6 Å². The van der Waals surface area contributed by atoms with Crippen LogP contribution in [0, 0.1) is 19.8 Å². The average molecular weight is 251 g/mol. The fraction of sp³-hybridized carbons (Fsp3) is 0.500. The molecule has 0 aliphatic carbocycles. The molecule has 0 radical (unpaired) electrons. The van der Waals surface area contributed by atoms with Crippen LogP contribution in [0.4, 0.5) is 5.69 Å². The number of anilines is 1. The third kappa shape index (κ3) is 3.15. The van der Waals surface area contributed by atoms with Crippen molar-refractivity contribution in [1.82, 2.24) is 0 Å². The summed E-state index contributed by atoms with van der Waals surface area (Å²) in [5.41, 5.74) is 3.13. The van der Waals surface area contributed by atoms with E-state index in [1.165, 1.54) is 0 Å². The van der Waals surface area contributed by atoms with Crippen LogP contribution in [0.1, 0.15) is 18.1 Å². The Morgan fingerprint density at radius 3 is 2.56 bits per heavy atom. The van der Waals surface area contributed by atoms with Crippen molar-refractivity contribution in [1.29, 1.82) is 0 Å². The van der Waals surface area contributed by atoms with E-state index in [0.29, 0.717) is 6.54 Å². The second kappa shape index (κ2) is 5.76. The molecule has 0 aliphatic heterocycles. The molecule has 0 saturated heterocycles. The zero-order valence-corrected chi connectivity index (χ0v) is 11.7. The third-order valence-electron chi connectivity index (χ3n) is 2.98. The number of rotatable bonds is 5. The molecular weight excluding hydrogens is 230 g/mol. The van der Waals surface area contributed by atoms with E-state index in [0.717, 1.165) is 22.6 Å². The average Bonchev–Trinajstić information content (AvgIpc) is 2.27. The molecule has 0 aromatic heterocycles. The Labute approximate surface area is 108 Å². The van der Waals surface area contributed by atoms with Crippen LogP contribution in [-0.4, -0.2) is 31.8 Å². The second-order valence-corrected chi connectivity index (χ2v) is 4.75. The van der Waals surface area contributed by atoms with Crippen molar-refractivity contribution in [3.63, 3.8) is 0 Å². The number of hydrogen-bond donors (Lipinski definition) is 1. The molecule has 0 saturated carbocycles. The van der Waals surface area contributed by atoms with E-state index in [4.69, 9.17) is 9.84 Å². The molecule has 0 bridgehead atoms. The molecule has 0 amide bonds. The smallest absolute Gasteiger partial charge is 0.308 e. The van der Waals surface area contributed by atoms with Gasteiger partial charge in [-0.25, -0.2) is 0 Å². The predicted molar refractivity (Wildman–Crippen MR) is 72.5 cm³/mol. The zero-order valence-electron chi connectivity index (χ0n) is 11.7. The molecule has 1 aromatic carbocycles. The first-order valence-electron chi connectivity index (χ1n) is 5.96. The highest BCUT2D eigenvalue weighted by Gasteiger charge is 2.17. The SMILES string of the molecule is COc1c(C)cc(C)cc1N(C)CC(C)C(=O)O. The number of aryl methyl sites for hydroxylation is 2. The van der Waals surface area contributed by atoms with Crippen LogP contribution in [0.5, 0.6) is 5.75 Å². The Balaban J connectivity index is 3.04. The van der Waals surface area contributed by atoms with Crippen molar-refractivity contribution in [2.45, 2.75) is 20.8 Å². The summed E-state index contributed by atoms with van der Waals surface area (Å²) in [6.45, 7) is 6.16. The molecule has 1 rings (SSSR count). The maximum Gasteiger partial charge on any atom is 0.308 e. The minimum absolute atomic E-state index is 0.416. The molecule has 1 atom stereocenters. The van der Waals surface area contributed by atoms with E-state index < -0.39 is 11.9 Å². The lowest BCUT2D eigenvalue weighted by Crippen LogP contribution is -2.28. The van der Waals surface area contributed by atoms with Gasteiger partial charge in [-0.3, -0.25) is 4.79 Å². The Hall–Kier alpha value is -1.71. The van der Waals surface area contributed by atoms with E-state index in [2.05, 4.69) is 6.07 Å². The standard InChI is InChI=1S/C14H21NO3/c1-9-6-10(2)13(18-5)12(7-9)15(4)8-11(3)14(16)17/h6-7,11H,8H2,1-5H3,(H,16,17). The molecule has 0 aliphatic rings. The van der Waals surface area contributed by atoms with E-state index in [1.807, 2.05) is 31.9 Å². The van der Waals surface area contributed by atoms with Gasteiger partial charge in [-0.2, -0.15) is 0 Å². The van der Waals surface area contributed by atoms with E-state index >= 15 is 0 Å². The number of nitrogens with zero attached hydrogens (tertiary/aromatic N) is 1. The lowest BCUT2D eigenvalue weighted by Gasteiger charge is -2.25. The molecular formula is C14H21NO3. The van der Waals surface area contributed by atoms with Crippen molar-refractivity contribution in [2.24, 2.45) is 5.92 Å².